The maximum absolute atomic E-state index is 9.43. The molecule has 0 saturated heterocycles. The van der Waals surface area contributed by atoms with Crippen LogP contribution in [0.1, 0.15) is 52.9 Å². The molecule has 0 aromatic rings. The Labute approximate surface area is 106 Å². The molecule has 0 radical (unpaired) electrons. The van der Waals surface area contributed by atoms with E-state index in [0.717, 1.165) is 12.5 Å². The van der Waals surface area contributed by atoms with E-state index in [1.807, 2.05) is 6.92 Å². The number of rotatable bonds is 7. The normalized spacial score (nSPS) is 21.7. The second kappa shape index (κ2) is 7.34. The first-order chi connectivity index (χ1) is 8.06. The third-order valence-corrected chi connectivity index (χ3v) is 3.49. The van der Waals surface area contributed by atoms with Gasteiger partial charge >= 0.3 is 0 Å². The smallest absolute Gasteiger partial charge is 0.0668 e. The van der Waals surface area contributed by atoms with Gasteiger partial charge in [0.1, 0.15) is 0 Å². The molecule has 1 fully saturated rings. The number of aliphatic hydroxyl groups is 1. The van der Waals surface area contributed by atoms with Gasteiger partial charge in [0.25, 0.3) is 0 Å². The van der Waals surface area contributed by atoms with Crippen LogP contribution in [0.25, 0.3) is 0 Å². The van der Waals surface area contributed by atoms with Gasteiger partial charge < -0.3 is 15.2 Å². The van der Waals surface area contributed by atoms with Crippen molar-refractivity contribution in [3.05, 3.63) is 0 Å². The van der Waals surface area contributed by atoms with Gasteiger partial charge in [-0.1, -0.05) is 33.1 Å². The fraction of sp³-hybridized carbons (Fsp3) is 1.00. The Morgan fingerprint density at radius 1 is 1.29 bits per heavy atom. The van der Waals surface area contributed by atoms with Crippen LogP contribution in [0.5, 0.6) is 0 Å². The minimum Gasteiger partial charge on any atom is -0.394 e. The summed E-state index contributed by atoms with van der Waals surface area (Å²) < 4.78 is 5.81. The fourth-order valence-electron chi connectivity index (χ4n) is 2.63. The van der Waals surface area contributed by atoms with Crippen LogP contribution in [-0.4, -0.2) is 36.5 Å². The van der Waals surface area contributed by atoms with Gasteiger partial charge in [-0.05, 0) is 25.7 Å². The van der Waals surface area contributed by atoms with Crippen molar-refractivity contribution in [3.63, 3.8) is 0 Å². The van der Waals surface area contributed by atoms with Gasteiger partial charge in [0.2, 0.25) is 0 Å². The quantitative estimate of drug-likeness (QED) is 0.721. The number of aliphatic hydroxyl groups excluding tert-OH is 1. The highest BCUT2D eigenvalue weighted by Gasteiger charge is 2.25. The molecule has 102 valence electrons. The zero-order chi connectivity index (χ0) is 12.7. The van der Waals surface area contributed by atoms with Crippen molar-refractivity contribution in [1.29, 1.82) is 0 Å². The number of hydrogen-bond donors (Lipinski definition) is 2. The zero-order valence-electron chi connectivity index (χ0n) is 11.7. The Balaban J connectivity index is 2.22. The van der Waals surface area contributed by atoms with Crippen LogP contribution in [0, 0.1) is 5.92 Å². The third kappa shape index (κ3) is 5.84. The summed E-state index contributed by atoms with van der Waals surface area (Å²) in [6.07, 6.45) is 6.73. The minimum atomic E-state index is -0.303. The van der Waals surface area contributed by atoms with Gasteiger partial charge in [-0.15, -0.1) is 0 Å². The summed E-state index contributed by atoms with van der Waals surface area (Å²) in [6.45, 7) is 7.78. The van der Waals surface area contributed by atoms with E-state index in [9.17, 15) is 5.11 Å². The topological polar surface area (TPSA) is 41.5 Å². The summed E-state index contributed by atoms with van der Waals surface area (Å²) >= 11 is 0. The highest BCUT2D eigenvalue weighted by Crippen LogP contribution is 2.23. The van der Waals surface area contributed by atoms with Crippen LogP contribution in [-0.2, 0) is 4.74 Å². The zero-order valence-corrected chi connectivity index (χ0v) is 11.7. The monoisotopic (exact) mass is 243 g/mol. The van der Waals surface area contributed by atoms with Crippen LogP contribution >= 0.6 is 0 Å². The van der Waals surface area contributed by atoms with Gasteiger partial charge in [0, 0.05) is 12.6 Å². The SMILES string of the molecule is CC(C)NC(C)(CO)COCC1CCCCC1. The Bertz CT molecular complexity index is 202. The molecule has 0 heterocycles. The predicted octanol–water partition coefficient (Wildman–Crippen LogP) is 2.33. The van der Waals surface area contributed by atoms with Crippen molar-refractivity contribution in [2.75, 3.05) is 19.8 Å². The van der Waals surface area contributed by atoms with Crippen LogP contribution in [0.3, 0.4) is 0 Å². The van der Waals surface area contributed by atoms with E-state index in [4.69, 9.17) is 4.74 Å². The second-order valence-electron chi connectivity index (χ2n) is 6.04. The lowest BCUT2D eigenvalue weighted by Crippen LogP contribution is -2.52. The summed E-state index contributed by atoms with van der Waals surface area (Å²) in [4.78, 5) is 0. The van der Waals surface area contributed by atoms with Gasteiger partial charge in [0.05, 0.1) is 18.8 Å². The van der Waals surface area contributed by atoms with Crippen LogP contribution in [0.15, 0.2) is 0 Å². The summed E-state index contributed by atoms with van der Waals surface area (Å²) in [5.41, 5.74) is -0.303. The molecule has 0 amide bonds. The molecular weight excluding hydrogens is 214 g/mol. The van der Waals surface area contributed by atoms with Gasteiger partial charge in [-0.25, -0.2) is 0 Å². The number of ether oxygens (including phenoxy) is 1. The molecule has 1 rings (SSSR count). The molecule has 0 bridgehead atoms. The summed E-state index contributed by atoms with van der Waals surface area (Å²) in [7, 11) is 0. The van der Waals surface area contributed by atoms with Crippen molar-refractivity contribution in [2.24, 2.45) is 5.92 Å². The van der Waals surface area contributed by atoms with Crippen molar-refractivity contribution in [1.82, 2.24) is 5.32 Å². The predicted molar refractivity (Wildman–Crippen MR) is 71.2 cm³/mol. The number of hydrogen-bond acceptors (Lipinski definition) is 3. The first-order valence-electron chi connectivity index (χ1n) is 7.02. The minimum absolute atomic E-state index is 0.121. The summed E-state index contributed by atoms with van der Waals surface area (Å²) in [6, 6.07) is 0.366. The third-order valence-electron chi connectivity index (χ3n) is 3.49. The lowest BCUT2D eigenvalue weighted by Gasteiger charge is -2.32. The molecule has 1 unspecified atom stereocenters. The highest BCUT2D eigenvalue weighted by molar-refractivity contribution is 4.83. The molecule has 1 atom stereocenters. The van der Waals surface area contributed by atoms with E-state index in [-0.39, 0.29) is 12.1 Å². The van der Waals surface area contributed by atoms with Crippen LogP contribution in [0.2, 0.25) is 0 Å². The molecule has 3 nitrogen and oxygen atoms in total. The molecule has 0 aromatic heterocycles. The van der Waals surface area contributed by atoms with Crippen LogP contribution in [0.4, 0.5) is 0 Å². The lowest BCUT2D eigenvalue weighted by atomic mass is 9.90. The molecule has 1 saturated carbocycles. The van der Waals surface area contributed by atoms with Crippen LogP contribution < -0.4 is 5.32 Å². The van der Waals surface area contributed by atoms with Crippen molar-refractivity contribution in [3.8, 4) is 0 Å². The molecule has 0 spiro atoms. The molecule has 1 aliphatic carbocycles. The van der Waals surface area contributed by atoms with E-state index < -0.39 is 0 Å². The summed E-state index contributed by atoms with van der Waals surface area (Å²) in [5.74, 6) is 0.741. The van der Waals surface area contributed by atoms with E-state index in [2.05, 4.69) is 19.2 Å². The average Bonchev–Trinajstić information content (AvgIpc) is 2.29. The van der Waals surface area contributed by atoms with Crippen molar-refractivity contribution in [2.45, 2.75) is 64.5 Å². The number of nitrogens with one attached hydrogen (secondary N) is 1. The van der Waals surface area contributed by atoms with E-state index in [0.29, 0.717) is 12.6 Å². The van der Waals surface area contributed by atoms with Gasteiger partial charge in [-0.3, -0.25) is 0 Å². The molecule has 17 heavy (non-hydrogen) atoms. The van der Waals surface area contributed by atoms with Gasteiger partial charge in [-0.2, -0.15) is 0 Å². The average molecular weight is 243 g/mol. The highest BCUT2D eigenvalue weighted by atomic mass is 16.5. The fourth-order valence-corrected chi connectivity index (χ4v) is 2.63. The summed E-state index contributed by atoms with van der Waals surface area (Å²) in [5, 5.41) is 12.8. The van der Waals surface area contributed by atoms with Crippen molar-refractivity contribution < 1.29 is 9.84 Å². The molecule has 2 N–H and O–H groups in total. The first kappa shape index (κ1) is 14.9. The largest absolute Gasteiger partial charge is 0.394 e. The molecule has 0 aromatic carbocycles. The van der Waals surface area contributed by atoms with Gasteiger partial charge in [0.15, 0.2) is 0 Å². The molecule has 1 aliphatic rings. The molecule has 0 aliphatic heterocycles. The lowest BCUT2D eigenvalue weighted by molar-refractivity contribution is 0.0186. The second-order valence-corrected chi connectivity index (χ2v) is 6.04. The molecular formula is C14H29NO2. The first-order valence-corrected chi connectivity index (χ1v) is 7.02. The van der Waals surface area contributed by atoms with E-state index in [1.165, 1.54) is 32.1 Å². The Kier molecular flexibility index (Phi) is 6.45. The van der Waals surface area contributed by atoms with E-state index in [1.54, 1.807) is 0 Å². The standard InChI is InChI=1S/C14H29NO2/c1-12(2)15-14(3,10-16)11-17-9-13-7-5-4-6-8-13/h12-13,15-16H,4-11H2,1-3H3. The molecule has 3 heteroatoms. The Hall–Kier alpha value is -0.120. The Morgan fingerprint density at radius 3 is 2.47 bits per heavy atom. The Morgan fingerprint density at radius 2 is 1.94 bits per heavy atom. The van der Waals surface area contributed by atoms with Crippen molar-refractivity contribution >= 4 is 0 Å². The maximum Gasteiger partial charge on any atom is 0.0668 e. The van der Waals surface area contributed by atoms with E-state index >= 15 is 0 Å². The maximum atomic E-state index is 9.43.